The number of aliphatic hydroxyl groups excluding tert-OH is 5. The molecule has 2 aliphatic carbocycles. The summed E-state index contributed by atoms with van der Waals surface area (Å²) < 4.78 is 11.6. The predicted molar refractivity (Wildman–Crippen MR) is 89.9 cm³/mol. The lowest BCUT2D eigenvalue weighted by atomic mass is 9.77. The summed E-state index contributed by atoms with van der Waals surface area (Å²) in [5.41, 5.74) is -1.87. The van der Waals surface area contributed by atoms with Gasteiger partial charge in [0.2, 0.25) is 0 Å². The van der Waals surface area contributed by atoms with Crippen LogP contribution in [-0.2, 0) is 9.47 Å². The van der Waals surface area contributed by atoms with Gasteiger partial charge in [-0.1, -0.05) is 12.2 Å². The lowest BCUT2D eigenvalue weighted by molar-refractivity contribution is -0.333. The molecule has 150 valence electrons. The van der Waals surface area contributed by atoms with Crippen molar-refractivity contribution in [2.45, 2.75) is 81.1 Å². The molecular formula is C18H30O8. The Morgan fingerprint density at radius 3 is 2.42 bits per heavy atom. The molecule has 3 rings (SSSR count). The van der Waals surface area contributed by atoms with Gasteiger partial charge in [-0.25, -0.2) is 0 Å². The van der Waals surface area contributed by atoms with E-state index in [4.69, 9.17) is 9.47 Å². The highest BCUT2D eigenvalue weighted by Crippen LogP contribution is 2.51. The standard InChI is InChI=1S/C18H30O8/c1-17(24)6-5-11-10(17)4-3-9(20)7-18(11,2)26-16-15(23)14(22)13(21)12(8-19)25-16/h3-4,9-16,19-24H,5-8H2,1-2H3/t9-,10-,11+,12-,13-,14+,15-,16+,17-,18+/m1/s1. The molecule has 1 saturated heterocycles. The Hall–Kier alpha value is -0.580. The van der Waals surface area contributed by atoms with E-state index in [0.717, 1.165) is 0 Å². The summed E-state index contributed by atoms with van der Waals surface area (Å²) in [6.45, 7) is 3.02. The van der Waals surface area contributed by atoms with Crippen molar-refractivity contribution < 1.29 is 40.1 Å². The number of hydrogen-bond acceptors (Lipinski definition) is 8. The van der Waals surface area contributed by atoms with Gasteiger partial charge >= 0.3 is 0 Å². The summed E-state index contributed by atoms with van der Waals surface area (Å²) in [4.78, 5) is 0. The van der Waals surface area contributed by atoms with Gasteiger partial charge in [-0.05, 0) is 32.6 Å². The highest BCUT2D eigenvalue weighted by molar-refractivity contribution is 5.14. The van der Waals surface area contributed by atoms with E-state index in [2.05, 4.69) is 0 Å². The Bertz CT molecular complexity index is 535. The molecule has 0 aromatic rings. The third-order valence-electron chi connectivity index (χ3n) is 6.29. The van der Waals surface area contributed by atoms with E-state index in [1.165, 1.54) is 0 Å². The molecular weight excluding hydrogens is 344 g/mol. The van der Waals surface area contributed by atoms with Crippen molar-refractivity contribution in [3.05, 3.63) is 12.2 Å². The number of aliphatic hydroxyl groups is 6. The summed E-state index contributed by atoms with van der Waals surface area (Å²) in [6, 6.07) is 0. The molecule has 10 atom stereocenters. The number of rotatable bonds is 3. The Morgan fingerprint density at radius 1 is 1.08 bits per heavy atom. The molecule has 8 nitrogen and oxygen atoms in total. The highest BCUT2D eigenvalue weighted by Gasteiger charge is 2.55. The molecule has 6 N–H and O–H groups in total. The maximum Gasteiger partial charge on any atom is 0.187 e. The predicted octanol–water partition coefficient (Wildman–Crippen LogP) is -1.34. The first-order valence-corrected chi connectivity index (χ1v) is 9.16. The van der Waals surface area contributed by atoms with Gasteiger partial charge in [-0.3, -0.25) is 0 Å². The zero-order chi connectivity index (χ0) is 19.3. The van der Waals surface area contributed by atoms with Crippen LogP contribution in [0.4, 0.5) is 0 Å². The van der Waals surface area contributed by atoms with Crippen molar-refractivity contribution in [1.82, 2.24) is 0 Å². The largest absolute Gasteiger partial charge is 0.394 e. The zero-order valence-corrected chi connectivity index (χ0v) is 15.1. The molecule has 0 aromatic carbocycles. The molecule has 0 amide bonds. The fourth-order valence-electron chi connectivity index (χ4n) is 4.70. The quantitative estimate of drug-likeness (QED) is 0.334. The smallest absolute Gasteiger partial charge is 0.187 e. The molecule has 26 heavy (non-hydrogen) atoms. The molecule has 8 heteroatoms. The van der Waals surface area contributed by atoms with E-state index >= 15 is 0 Å². The third-order valence-corrected chi connectivity index (χ3v) is 6.29. The summed E-state index contributed by atoms with van der Waals surface area (Å²) in [6.07, 6.45) is -2.64. The second-order valence-corrected chi connectivity index (χ2v) is 8.31. The van der Waals surface area contributed by atoms with Crippen LogP contribution in [0, 0.1) is 11.8 Å². The third kappa shape index (κ3) is 3.45. The summed E-state index contributed by atoms with van der Waals surface area (Å²) in [5.74, 6) is -0.354. The van der Waals surface area contributed by atoms with Crippen LogP contribution in [0.2, 0.25) is 0 Å². The van der Waals surface area contributed by atoms with Gasteiger partial charge in [-0.15, -0.1) is 0 Å². The first-order valence-electron chi connectivity index (χ1n) is 9.16. The van der Waals surface area contributed by atoms with Crippen LogP contribution < -0.4 is 0 Å². The Balaban J connectivity index is 1.84. The maximum absolute atomic E-state index is 10.7. The normalized spacial score (nSPS) is 54.8. The fourth-order valence-corrected chi connectivity index (χ4v) is 4.70. The lowest BCUT2D eigenvalue weighted by Crippen LogP contribution is -2.61. The molecule has 1 saturated carbocycles. The van der Waals surface area contributed by atoms with Crippen LogP contribution in [0.15, 0.2) is 12.2 Å². The molecule has 0 radical (unpaired) electrons. The van der Waals surface area contributed by atoms with E-state index in [9.17, 15) is 30.6 Å². The van der Waals surface area contributed by atoms with Crippen molar-refractivity contribution in [1.29, 1.82) is 0 Å². The van der Waals surface area contributed by atoms with Crippen molar-refractivity contribution in [3.63, 3.8) is 0 Å². The van der Waals surface area contributed by atoms with Crippen LogP contribution in [0.1, 0.15) is 33.1 Å². The van der Waals surface area contributed by atoms with Gasteiger partial charge in [0.25, 0.3) is 0 Å². The zero-order valence-electron chi connectivity index (χ0n) is 15.1. The van der Waals surface area contributed by atoms with Gasteiger partial charge in [-0.2, -0.15) is 0 Å². The second-order valence-electron chi connectivity index (χ2n) is 8.31. The average Bonchev–Trinajstić information content (AvgIpc) is 2.81. The Kier molecular flexibility index (Phi) is 5.51. The molecule has 0 spiro atoms. The second kappa shape index (κ2) is 7.10. The van der Waals surface area contributed by atoms with Crippen LogP contribution in [-0.4, -0.2) is 85.3 Å². The minimum atomic E-state index is -1.52. The van der Waals surface area contributed by atoms with E-state index in [-0.39, 0.29) is 18.3 Å². The molecule has 2 fully saturated rings. The van der Waals surface area contributed by atoms with Crippen LogP contribution in [0.5, 0.6) is 0 Å². The van der Waals surface area contributed by atoms with Gasteiger partial charge < -0.3 is 40.1 Å². The molecule has 0 bridgehead atoms. The minimum Gasteiger partial charge on any atom is -0.394 e. The minimum absolute atomic E-state index is 0.127. The summed E-state index contributed by atoms with van der Waals surface area (Å²) >= 11 is 0. The number of hydrogen-bond donors (Lipinski definition) is 6. The maximum atomic E-state index is 10.7. The lowest BCUT2D eigenvalue weighted by Gasteiger charge is -2.46. The van der Waals surface area contributed by atoms with E-state index in [1.807, 2.05) is 6.08 Å². The van der Waals surface area contributed by atoms with E-state index < -0.39 is 54.6 Å². The fraction of sp³-hybridized carbons (Fsp3) is 0.889. The summed E-state index contributed by atoms with van der Waals surface area (Å²) in [7, 11) is 0. The Morgan fingerprint density at radius 2 is 1.77 bits per heavy atom. The molecule has 3 aliphatic rings. The number of ether oxygens (including phenoxy) is 2. The van der Waals surface area contributed by atoms with Crippen LogP contribution >= 0.6 is 0 Å². The molecule has 0 aromatic heterocycles. The van der Waals surface area contributed by atoms with E-state index in [1.54, 1.807) is 19.9 Å². The van der Waals surface area contributed by atoms with Crippen molar-refractivity contribution in [2.75, 3.05) is 6.61 Å². The van der Waals surface area contributed by atoms with Crippen molar-refractivity contribution in [3.8, 4) is 0 Å². The highest BCUT2D eigenvalue weighted by atomic mass is 16.7. The monoisotopic (exact) mass is 374 g/mol. The molecule has 0 unspecified atom stereocenters. The molecule has 1 aliphatic heterocycles. The SMILES string of the molecule is C[C@@]1(O)CC[C@H]2[C@H]1C=C[C@@H](O)C[C@]2(C)O[C@@H]1O[C@H](CO)[C@@H](O)[C@H](O)[C@H]1O. The first kappa shape index (κ1) is 20.2. The van der Waals surface area contributed by atoms with E-state index in [0.29, 0.717) is 12.8 Å². The first-order chi connectivity index (χ1) is 12.1. The average molecular weight is 374 g/mol. The Labute approximate surface area is 152 Å². The topological polar surface area (TPSA) is 140 Å². The van der Waals surface area contributed by atoms with Gasteiger partial charge in [0.1, 0.15) is 24.4 Å². The number of fused-ring (bicyclic) bond motifs is 1. The van der Waals surface area contributed by atoms with Gasteiger partial charge in [0.05, 0.1) is 23.9 Å². The van der Waals surface area contributed by atoms with Crippen molar-refractivity contribution in [2.24, 2.45) is 11.8 Å². The van der Waals surface area contributed by atoms with Crippen LogP contribution in [0.3, 0.4) is 0 Å². The van der Waals surface area contributed by atoms with Crippen molar-refractivity contribution >= 4 is 0 Å². The van der Waals surface area contributed by atoms with Crippen LogP contribution in [0.25, 0.3) is 0 Å². The summed E-state index contributed by atoms with van der Waals surface area (Å²) in [5, 5.41) is 60.5. The van der Waals surface area contributed by atoms with Gasteiger partial charge in [0.15, 0.2) is 6.29 Å². The van der Waals surface area contributed by atoms with Gasteiger partial charge in [0, 0.05) is 12.3 Å². The molecule has 1 heterocycles.